The number of anilines is 1. The predicted molar refractivity (Wildman–Crippen MR) is 72.3 cm³/mol. The molecule has 6 heteroatoms. The van der Waals surface area contributed by atoms with Gasteiger partial charge in [-0.25, -0.2) is 9.78 Å². The summed E-state index contributed by atoms with van der Waals surface area (Å²) >= 11 is 0. The molecule has 1 amide bonds. The van der Waals surface area contributed by atoms with Crippen molar-refractivity contribution in [2.24, 2.45) is 0 Å². The summed E-state index contributed by atoms with van der Waals surface area (Å²) < 4.78 is 4.61. The normalized spacial score (nSPS) is 10.4. The van der Waals surface area contributed by atoms with Crippen LogP contribution < -0.4 is 11.1 Å². The molecule has 6 nitrogen and oxygen atoms in total. The van der Waals surface area contributed by atoms with Crippen molar-refractivity contribution < 1.29 is 14.3 Å². The van der Waals surface area contributed by atoms with E-state index in [9.17, 15) is 9.59 Å². The van der Waals surface area contributed by atoms with Gasteiger partial charge in [-0.15, -0.1) is 0 Å². The van der Waals surface area contributed by atoms with Crippen LogP contribution in [0, 0.1) is 0 Å². The lowest BCUT2D eigenvalue weighted by atomic mass is 10.1. The zero-order valence-corrected chi connectivity index (χ0v) is 11.0. The van der Waals surface area contributed by atoms with Gasteiger partial charge in [0.25, 0.3) is 0 Å². The van der Waals surface area contributed by atoms with E-state index in [2.05, 4.69) is 15.0 Å². The van der Waals surface area contributed by atoms with Crippen molar-refractivity contribution in [3.63, 3.8) is 0 Å². The molecule has 0 radical (unpaired) electrons. The zero-order valence-electron chi connectivity index (χ0n) is 11.0. The largest absolute Gasteiger partial charge is 0.465 e. The number of rotatable bonds is 5. The number of pyridine rings is 1. The topological polar surface area (TPSA) is 94.3 Å². The molecule has 0 saturated carbocycles. The van der Waals surface area contributed by atoms with Crippen molar-refractivity contribution in [1.29, 1.82) is 0 Å². The summed E-state index contributed by atoms with van der Waals surface area (Å²) in [5.74, 6) is -0.434. The first-order chi connectivity index (χ1) is 9.04. The van der Waals surface area contributed by atoms with Gasteiger partial charge in [-0.05, 0) is 18.1 Å². The maximum Gasteiger partial charge on any atom is 0.341 e. The van der Waals surface area contributed by atoms with Gasteiger partial charge in [-0.2, -0.15) is 0 Å². The van der Waals surface area contributed by atoms with Crippen LogP contribution in [0.3, 0.4) is 0 Å². The van der Waals surface area contributed by atoms with Gasteiger partial charge in [-0.1, -0.05) is 12.2 Å². The fraction of sp³-hybridized carbons (Fsp3) is 0.308. The van der Waals surface area contributed by atoms with E-state index >= 15 is 0 Å². The summed E-state index contributed by atoms with van der Waals surface area (Å²) in [7, 11) is 1.29. The lowest BCUT2D eigenvalue weighted by molar-refractivity contribution is -0.118. The number of ether oxygens (including phenoxy) is 1. The predicted octanol–water partition coefficient (Wildman–Crippen LogP) is 0.990. The maximum atomic E-state index is 11.4. The molecule has 0 aliphatic heterocycles. The average Bonchev–Trinajstić information content (AvgIpc) is 2.39. The number of nitrogens with zero attached hydrogens (tertiary/aromatic N) is 1. The Hall–Kier alpha value is -2.37. The summed E-state index contributed by atoms with van der Waals surface area (Å²) in [6.07, 6.45) is 5.94. The molecule has 0 unspecified atom stereocenters. The van der Waals surface area contributed by atoms with Crippen molar-refractivity contribution in [3.05, 3.63) is 29.5 Å². The monoisotopic (exact) mass is 263 g/mol. The molecule has 0 aliphatic carbocycles. The highest BCUT2D eigenvalue weighted by atomic mass is 16.5. The quantitative estimate of drug-likeness (QED) is 0.610. The molecular weight excluding hydrogens is 246 g/mol. The van der Waals surface area contributed by atoms with Gasteiger partial charge in [0.2, 0.25) is 5.91 Å². The Labute approximate surface area is 111 Å². The lowest BCUT2D eigenvalue weighted by Crippen LogP contribution is -2.20. The summed E-state index contributed by atoms with van der Waals surface area (Å²) in [5, 5.41) is 2.68. The molecule has 0 saturated heterocycles. The van der Waals surface area contributed by atoms with Crippen LogP contribution in [-0.2, 0) is 9.53 Å². The molecule has 0 aliphatic rings. The van der Waals surface area contributed by atoms with E-state index in [0.29, 0.717) is 13.0 Å². The molecular formula is C13H17N3O3. The second-order valence-corrected chi connectivity index (χ2v) is 3.87. The van der Waals surface area contributed by atoms with Crippen LogP contribution in [0.15, 0.2) is 18.3 Å². The number of nitrogens with two attached hydrogens (primary N) is 1. The van der Waals surface area contributed by atoms with E-state index in [4.69, 9.17) is 5.73 Å². The summed E-state index contributed by atoms with van der Waals surface area (Å²) in [6.45, 7) is 2.04. The van der Waals surface area contributed by atoms with Gasteiger partial charge in [0.15, 0.2) is 0 Å². The van der Waals surface area contributed by atoms with E-state index in [0.717, 1.165) is 5.56 Å². The highest BCUT2D eigenvalue weighted by molar-refractivity contribution is 5.94. The molecule has 0 bridgehead atoms. The van der Waals surface area contributed by atoms with Crippen molar-refractivity contribution >= 4 is 23.8 Å². The van der Waals surface area contributed by atoms with Crippen LogP contribution in [0.5, 0.6) is 0 Å². The third-order valence-corrected chi connectivity index (χ3v) is 2.34. The van der Waals surface area contributed by atoms with Gasteiger partial charge in [-0.3, -0.25) is 4.79 Å². The maximum absolute atomic E-state index is 11.4. The van der Waals surface area contributed by atoms with Gasteiger partial charge in [0, 0.05) is 19.7 Å². The van der Waals surface area contributed by atoms with Crippen LogP contribution in [0.25, 0.3) is 6.08 Å². The Morgan fingerprint density at radius 3 is 2.89 bits per heavy atom. The number of carbonyl (C=O) groups is 2. The number of nitrogen functional groups attached to an aromatic ring is 1. The average molecular weight is 263 g/mol. The molecule has 1 rings (SSSR count). The number of hydrogen-bond donors (Lipinski definition) is 2. The van der Waals surface area contributed by atoms with Gasteiger partial charge >= 0.3 is 5.97 Å². The minimum absolute atomic E-state index is 0.0597. The van der Waals surface area contributed by atoms with Crippen LogP contribution in [0.4, 0.5) is 5.82 Å². The molecule has 0 aromatic carbocycles. The Morgan fingerprint density at radius 1 is 1.53 bits per heavy atom. The Balaban J connectivity index is 2.66. The number of esters is 1. The number of aromatic nitrogens is 1. The fourth-order valence-electron chi connectivity index (χ4n) is 1.41. The smallest absolute Gasteiger partial charge is 0.341 e. The van der Waals surface area contributed by atoms with E-state index < -0.39 is 5.97 Å². The standard InChI is InChI=1S/C13H17N3O3/c1-9(17)15-6-4-3-5-10-7-11(13(18)19-2)12(14)16-8-10/h3,5,7-8H,4,6H2,1-2H3,(H2,14,16)(H,15,17). The summed E-state index contributed by atoms with van der Waals surface area (Å²) in [5.41, 5.74) is 6.58. The molecule has 1 aromatic heterocycles. The Bertz CT molecular complexity index is 498. The molecule has 1 heterocycles. The van der Waals surface area contributed by atoms with Crippen molar-refractivity contribution in [1.82, 2.24) is 10.3 Å². The van der Waals surface area contributed by atoms with Crippen molar-refractivity contribution in [2.75, 3.05) is 19.4 Å². The summed E-state index contributed by atoms with van der Waals surface area (Å²) in [6, 6.07) is 1.61. The number of carbonyl (C=O) groups excluding carboxylic acids is 2. The number of methoxy groups -OCH3 is 1. The minimum atomic E-state index is -0.515. The van der Waals surface area contributed by atoms with Gasteiger partial charge in [0.05, 0.1) is 7.11 Å². The fourth-order valence-corrected chi connectivity index (χ4v) is 1.41. The van der Waals surface area contributed by atoms with Gasteiger partial charge < -0.3 is 15.8 Å². The second-order valence-electron chi connectivity index (χ2n) is 3.87. The molecule has 0 atom stereocenters. The molecule has 3 N–H and O–H groups in total. The van der Waals surface area contributed by atoms with Crippen molar-refractivity contribution in [3.8, 4) is 0 Å². The van der Waals surface area contributed by atoms with Crippen molar-refractivity contribution in [2.45, 2.75) is 13.3 Å². The lowest BCUT2D eigenvalue weighted by Gasteiger charge is -2.03. The first-order valence-electron chi connectivity index (χ1n) is 5.79. The number of amides is 1. The van der Waals surface area contributed by atoms with E-state index in [1.54, 1.807) is 18.3 Å². The molecule has 1 aromatic rings. The Kier molecular flexibility index (Phi) is 5.53. The minimum Gasteiger partial charge on any atom is -0.465 e. The first-order valence-corrected chi connectivity index (χ1v) is 5.79. The van der Waals surface area contributed by atoms with E-state index in [-0.39, 0.29) is 17.3 Å². The van der Waals surface area contributed by atoms with Crippen LogP contribution in [-0.4, -0.2) is 30.5 Å². The third-order valence-electron chi connectivity index (χ3n) is 2.34. The van der Waals surface area contributed by atoms with E-state index in [1.807, 2.05) is 6.08 Å². The molecule has 0 spiro atoms. The molecule has 19 heavy (non-hydrogen) atoms. The highest BCUT2D eigenvalue weighted by Crippen LogP contribution is 2.13. The van der Waals surface area contributed by atoms with Gasteiger partial charge in [0.1, 0.15) is 11.4 Å². The van der Waals surface area contributed by atoms with Crippen LogP contribution >= 0.6 is 0 Å². The van der Waals surface area contributed by atoms with E-state index in [1.165, 1.54) is 14.0 Å². The summed E-state index contributed by atoms with van der Waals surface area (Å²) in [4.78, 5) is 26.0. The molecule has 0 fully saturated rings. The third kappa shape index (κ3) is 4.79. The van der Waals surface area contributed by atoms with Crippen LogP contribution in [0.1, 0.15) is 29.3 Å². The Morgan fingerprint density at radius 2 is 2.26 bits per heavy atom. The number of hydrogen-bond acceptors (Lipinski definition) is 5. The SMILES string of the molecule is COC(=O)c1cc(C=CCCNC(C)=O)cnc1N. The zero-order chi connectivity index (χ0) is 14.3. The highest BCUT2D eigenvalue weighted by Gasteiger charge is 2.10. The first kappa shape index (κ1) is 14.7. The molecule has 102 valence electrons. The van der Waals surface area contributed by atoms with Crippen LogP contribution in [0.2, 0.25) is 0 Å². The second kappa shape index (κ2) is 7.15. The number of nitrogens with one attached hydrogen (secondary N) is 1.